The fraction of sp³-hybridized carbons (Fsp3) is 0.556. The number of aliphatic hydroxyl groups is 1. The lowest BCUT2D eigenvalue weighted by Gasteiger charge is -2.15. The van der Waals surface area contributed by atoms with E-state index in [-0.39, 0.29) is 5.92 Å². The molecule has 0 aromatic carbocycles. The summed E-state index contributed by atoms with van der Waals surface area (Å²) >= 11 is 0. The summed E-state index contributed by atoms with van der Waals surface area (Å²) in [7, 11) is 3.96. The van der Waals surface area contributed by atoms with Crippen LogP contribution in [0.1, 0.15) is 1.37 Å². The van der Waals surface area contributed by atoms with Crippen molar-refractivity contribution >= 4 is 0 Å². The van der Waals surface area contributed by atoms with Crippen LogP contribution >= 0.6 is 0 Å². The molecule has 0 aromatic heterocycles. The molecule has 0 aromatic rings. The van der Waals surface area contributed by atoms with E-state index >= 15 is 0 Å². The molecule has 1 aliphatic rings. The van der Waals surface area contributed by atoms with Crippen LogP contribution in [0.25, 0.3) is 0 Å². The zero-order valence-corrected chi connectivity index (χ0v) is 6.99. The third-order valence-electron chi connectivity index (χ3n) is 1.72. The van der Waals surface area contributed by atoms with Crippen molar-refractivity contribution in [2.24, 2.45) is 5.92 Å². The van der Waals surface area contributed by atoms with Gasteiger partial charge in [0.25, 0.3) is 0 Å². The minimum atomic E-state index is -1.02. The molecule has 1 aliphatic carbocycles. The highest BCUT2D eigenvalue weighted by atomic mass is 16.3. The Kier molecular flexibility index (Phi) is 2.37. The fourth-order valence-electron chi connectivity index (χ4n) is 1.20. The van der Waals surface area contributed by atoms with Crippen molar-refractivity contribution in [2.45, 2.75) is 0 Å². The lowest BCUT2D eigenvalue weighted by Crippen LogP contribution is -2.19. The van der Waals surface area contributed by atoms with Crippen LogP contribution in [0.15, 0.2) is 23.8 Å². The van der Waals surface area contributed by atoms with Crippen molar-refractivity contribution in [3.63, 3.8) is 0 Å². The highest BCUT2D eigenvalue weighted by Crippen LogP contribution is 2.18. The molecular formula is C9H15NO. The summed E-state index contributed by atoms with van der Waals surface area (Å²) in [4.78, 5) is 2.04. The lowest BCUT2D eigenvalue weighted by atomic mass is 10.0. The predicted molar refractivity (Wildman–Crippen MR) is 46.4 cm³/mol. The number of nitrogens with zero attached hydrogens (tertiary/aromatic N) is 1. The van der Waals surface area contributed by atoms with Gasteiger partial charge in [0.05, 0.1) is 7.95 Å². The molecule has 62 valence electrons. The Hall–Kier alpha value is -0.600. The van der Waals surface area contributed by atoms with Crippen molar-refractivity contribution in [1.29, 1.82) is 0 Å². The Bertz CT molecular complexity index is 209. The molecule has 0 amide bonds. The molecule has 2 heteroatoms. The maximum Gasteiger partial charge on any atom is 0.0573 e. The summed E-state index contributed by atoms with van der Waals surface area (Å²) in [5.74, 6) is -0.104. The summed E-state index contributed by atoms with van der Waals surface area (Å²) in [6.45, 7) is -0.205. The highest BCUT2D eigenvalue weighted by Gasteiger charge is 2.13. The first-order valence-corrected chi connectivity index (χ1v) is 3.73. The van der Waals surface area contributed by atoms with Gasteiger partial charge in [0, 0.05) is 12.5 Å². The number of likely N-dealkylation sites (N-methyl/N-ethyl adjacent to an activating group) is 1. The van der Waals surface area contributed by atoms with Crippen LogP contribution in [0.4, 0.5) is 0 Å². The quantitative estimate of drug-likeness (QED) is 0.645. The van der Waals surface area contributed by atoms with Crippen molar-refractivity contribution in [3.05, 3.63) is 23.8 Å². The maximum atomic E-state index is 9.09. The third-order valence-corrected chi connectivity index (χ3v) is 1.72. The van der Waals surface area contributed by atoms with E-state index in [1.807, 2.05) is 37.2 Å². The molecule has 0 bridgehead atoms. The highest BCUT2D eigenvalue weighted by molar-refractivity contribution is 5.28. The van der Waals surface area contributed by atoms with E-state index in [9.17, 15) is 0 Å². The molecule has 2 atom stereocenters. The van der Waals surface area contributed by atoms with Gasteiger partial charge in [-0.05, 0) is 19.7 Å². The normalized spacial score (nSPS) is 27.1. The van der Waals surface area contributed by atoms with Crippen LogP contribution in [0.3, 0.4) is 0 Å². The molecule has 0 radical (unpaired) electrons. The summed E-state index contributed by atoms with van der Waals surface area (Å²) in [6, 6.07) is 0. The zero-order valence-electron chi connectivity index (χ0n) is 7.99. The van der Waals surface area contributed by atoms with Gasteiger partial charge in [0.15, 0.2) is 0 Å². The Morgan fingerprint density at radius 3 is 3.00 bits per heavy atom. The molecule has 1 rings (SSSR count). The molecule has 0 aliphatic heterocycles. The van der Waals surface area contributed by atoms with Crippen molar-refractivity contribution in [2.75, 3.05) is 27.2 Å². The molecule has 0 saturated heterocycles. The summed E-state index contributed by atoms with van der Waals surface area (Å²) in [5, 5.41) is 9.09. The topological polar surface area (TPSA) is 23.5 Å². The Morgan fingerprint density at radius 2 is 2.45 bits per heavy atom. The van der Waals surface area contributed by atoms with E-state index in [1.165, 1.54) is 0 Å². The van der Waals surface area contributed by atoms with Crippen LogP contribution in [0, 0.1) is 5.92 Å². The first-order valence-electron chi connectivity index (χ1n) is 4.31. The summed E-state index contributed by atoms with van der Waals surface area (Å²) in [6.07, 6.45) is 5.75. The van der Waals surface area contributed by atoms with Crippen LogP contribution in [-0.4, -0.2) is 37.2 Å². The average molecular weight is 154 g/mol. The first-order chi connectivity index (χ1) is 5.61. The van der Waals surface area contributed by atoms with Gasteiger partial charge in [-0.3, -0.25) is 0 Å². The minimum absolute atomic E-state index is 0.104. The van der Waals surface area contributed by atoms with Gasteiger partial charge in [-0.2, -0.15) is 0 Å². The maximum absolute atomic E-state index is 9.09. The Labute approximate surface area is 69.2 Å². The number of allylic oxidation sites excluding steroid dienone is 2. The Morgan fingerprint density at radius 1 is 1.73 bits per heavy atom. The molecule has 1 unspecified atom stereocenters. The lowest BCUT2D eigenvalue weighted by molar-refractivity contribution is 0.264. The number of rotatable bonds is 3. The van der Waals surface area contributed by atoms with E-state index in [0.717, 1.165) is 12.1 Å². The molecule has 11 heavy (non-hydrogen) atoms. The minimum Gasteiger partial charge on any atom is -0.395 e. The Balaban J connectivity index is 2.55. The van der Waals surface area contributed by atoms with Crippen LogP contribution in [0.2, 0.25) is 0 Å². The van der Waals surface area contributed by atoms with Crippen LogP contribution in [0.5, 0.6) is 0 Å². The number of aliphatic hydroxyl groups excluding tert-OH is 1. The summed E-state index contributed by atoms with van der Waals surface area (Å²) < 4.78 is 7.19. The molecule has 2 nitrogen and oxygen atoms in total. The molecular weight excluding hydrogens is 138 g/mol. The van der Waals surface area contributed by atoms with E-state index in [2.05, 4.69) is 0 Å². The van der Waals surface area contributed by atoms with Crippen molar-refractivity contribution in [3.8, 4) is 0 Å². The second-order valence-corrected chi connectivity index (χ2v) is 3.04. The second kappa shape index (κ2) is 3.69. The zero-order chi connectivity index (χ0) is 9.14. The van der Waals surface area contributed by atoms with Gasteiger partial charge in [-0.1, -0.05) is 18.2 Å². The SMILES string of the molecule is [2H][C@@H](O)C1C=CC=C1CN(C)C. The smallest absolute Gasteiger partial charge is 0.0573 e. The van der Waals surface area contributed by atoms with Gasteiger partial charge >= 0.3 is 0 Å². The monoisotopic (exact) mass is 154 g/mol. The van der Waals surface area contributed by atoms with Gasteiger partial charge in [-0.15, -0.1) is 0 Å². The van der Waals surface area contributed by atoms with E-state index in [4.69, 9.17) is 6.48 Å². The molecule has 1 N–H and O–H groups in total. The van der Waals surface area contributed by atoms with Gasteiger partial charge < -0.3 is 10.0 Å². The van der Waals surface area contributed by atoms with E-state index < -0.39 is 6.58 Å². The molecule has 0 saturated carbocycles. The largest absolute Gasteiger partial charge is 0.395 e. The molecule has 0 spiro atoms. The van der Waals surface area contributed by atoms with Crippen molar-refractivity contribution < 1.29 is 6.48 Å². The van der Waals surface area contributed by atoms with Crippen molar-refractivity contribution in [1.82, 2.24) is 4.90 Å². The van der Waals surface area contributed by atoms with Gasteiger partial charge in [0.2, 0.25) is 0 Å². The summed E-state index contributed by atoms with van der Waals surface area (Å²) in [5.41, 5.74) is 1.11. The average Bonchev–Trinajstić information content (AvgIpc) is 2.33. The predicted octanol–water partition coefficient (Wildman–Crippen LogP) is 0.653. The second-order valence-electron chi connectivity index (χ2n) is 3.04. The number of hydrogen-bond donors (Lipinski definition) is 1. The first kappa shape index (κ1) is 7.07. The number of hydrogen-bond acceptors (Lipinski definition) is 2. The molecule has 0 fully saturated rings. The van der Waals surface area contributed by atoms with Gasteiger partial charge in [-0.25, -0.2) is 0 Å². The molecule has 0 heterocycles. The van der Waals surface area contributed by atoms with Crippen LogP contribution < -0.4 is 0 Å². The van der Waals surface area contributed by atoms with E-state index in [1.54, 1.807) is 0 Å². The fourth-order valence-corrected chi connectivity index (χ4v) is 1.20. The standard InChI is InChI=1S/C9H15NO/c1-10(2)6-8-4-3-5-9(8)7-11/h3-5,9,11H,6-7H2,1-2H3/i7D/t7-,9?/m1/s1. The van der Waals surface area contributed by atoms with Gasteiger partial charge in [0.1, 0.15) is 0 Å². The van der Waals surface area contributed by atoms with E-state index in [0.29, 0.717) is 0 Å². The third kappa shape index (κ3) is 2.17. The van der Waals surface area contributed by atoms with Crippen LogP contribution in [-0.2, 0) is 0 Å².